The van der Waals surface area contributed by atoms with E-state index in [2.05, 4.69) is 29.4 Å². The molecular formula is C15H20N2O2. The maximum Gasteiger partial charge on any atom is 0.306 e. The van der Waals surface area contributed by atoms with Crippen LogP contribution < -0.4 is 5.32 Å². The molecule has 0 saturated carbocycles. The molecule has 1 aromatic heterocycles. The maximum absolute atomic E-state index is 10.7. The minimum atomic E-state index is -0.731. The first-order valence-corrected chi connectivity index (χ1v) is 6.59. The van der Waals surface area contributed by atoms with Gasteiger partial charge in [0, 0.05) is 23.1 Å². The van der Waals surface area contributed by atoms with Gasteiger partial charge < -0.3 is 15.4 Å². The molecule has 0 bridgehead atoms. The average Bonchev–Trinajstić information content (AvgIpc) is 2.70. The molecule has 0 aliphatic rings. The molecule has 19 heavy (non-hydrogen) atoms. The molecule has 1 heterocycles. The normalized spacial score (nSPS) is 12.7. The summed E-state index contributed by atoms with van der Waals surface area (Å²) in [4.78, 5) is 14.1. The molecule has 1 aromatic carbocycles. The number of nitrogens with one attached hydrogen (secondary N) is 2. The molecule has 3 N–H and O–H groups in total. The molecule has 1 atom stereocenters. The Hall–Kier alpha value is -1.81. The van der Waals surface area contributed by atoms with E-state index in [0.717, 1.165) is 12.1 Å². The fourth-order valence-electron chi connectivity index (χ4n) is 2.22. The van der Waals surface area contributed by atoms with Crippen LogP contribution in [0.25, 0.3) is 10.9 Å². The van der Waals surface area contributed by atoms with Gasteiger partial charge in [0.2, 0.25) is 0 Å². The van der Waals surface area contributed by atoms with Crippen LogP contribution in [-0.4, -0.2) is 22.6 Å². The van der Waals surface area contributed by atoms with E-state index in [4.69, 9.17) is 5.11 Å². The number of H-pyrrole nitrogens is 1. The summed E-state index contributed by atoms with van der Waals surface area (Å²) < 4.78 is 0. The number of hydrogen-bond acceptors (Lipinski definition) is 2. The number of aromatic amines is 1. The Morgan fingerprint density at radius 3 is 2.89 bits per heavy atom. The highest BCUT2D eigenvalue weighted by molar-refractivity contribution is 5.84. The number of benzene rings is 1. The molecule has 0 fully saturated rings. The Kier molecular flexibility index (Phi) is 4.22. The summed E-state index contributed by atoms with van der Waals surface area (Å²) in [6, 6.07) is 8.23. The summed E-state index contributed by atoms with van der Waals surface area (Å²) in [5.74, 6) is -1.03. The Labute approximate surface area is 112 Å². The number of carboxylic acid groups (broad SMARTS) is 1. The van der Waals surface area contributed by atoms with Crippen molar-refractivity contribution in [3.63, 3.8) is 0 Å². The Balaban J connectivity index is 1.95. The molecule has 0 aliphatic carbocycles. The van der Waals surface area contributed by atoms with E-state index in [9.17, 15) is 4.79 Å². The van der Waals surface area contributed by atoms with Crippen LogP contribution in [0.3, 0.4) is 0 Å². The number of aromatic nitrogens is 1. The number of carbonyl (C=O) groups is 1. The molecule has 0 aliphatic heterocycles. The molecule has 0 radical (unpaired) electrons. The summed E-state index contributed by atoms with van der Waals surface area (Å²) in [6.07, 6.45) is 0.650. The largest absolute Gasteiger partial charge is 0.481 e. The molecule has 1 unspecified atom stereocenters. The van der Waals surface area contributed by atoms with Crippen LogP contribution in [0.15, 0.2) is 24.3 Å². The number of para-hydroxylation sites is 1. The van der Waals surface area contributed by atoms with E-state index in [0.29, 0.717) is 13.0 Å². The highest BCUT2D eigenvalue weighted by atomic mass is 16.4. The van der Waals surface area contributed by atoms with Gasteiger partial charge in [-0.2, -0.15) is 0 Å². The van der Waals surface area contributed by atoms with E-state index in [1.54, 1.807) is 6.92 Å². The van der Waals surface area contributed by atoms with Gasteiger partial charge in [-0.25, -0.2) is 0 Å². The minimum absolute atomic E-state index is 0.295. The molecule has 102 valence electrons. The van der Waals surface area contributed by atoms with Gasteiger partial charge in [-0.3, -0.25) is 4.79 Å². The third kappa shape index (κ3) is 3.15. The Bertz CT molecular complexity index is 575. The molecule has 2 aromatic rings. The van der Waals surface area contributed by atoms with Crippen LogP contribution >= 0.6 is 0 Å². The predicted octanol–water partition coefficient (Wildman–Crippen LogP) is 2.68. The average molecular weight is 260 g/mol. The topological polar surface area (TPSA) is 65.1 Å². The van der Waals surface area contributed by atoms with Crippen molar-refractivity contribution in [2.24, 2.45) is 5.92 Å². The SMILES string of the molecule is Cc1[nH]c2ccccc2c1CNCCC(C)C(=O)O. The van der Waals surface area contributed by atoms with E-state index < -0.39 is 5.97 Å². The lowest BCUT2D eigenvalue weighted by Gasteiger charge is -2.08. The zero-order chi connectivity index (χ0) is 13.8. The van der Waals surface area contributed by atoms with Crippen molar-refractivity contribution in [1.82, 2.24) is 10.3 Å². The van der Waals surface area contributed by atoms with Crippen molar-refractivity contribution in [3.05, 3.63) is 35.5 Å². The van der Waals surface area contributed by atoms with E-state index in [1.807, 2.05) is 12.1 Å². The van der Waals surface area contributed by atoms with Gasteiger partial charge in [0.25, 0.3) is 0 Å². The van der Waals surface area contributed by atoms with Gasteiger partial charge >= 0.3 is 5.97 Å². The quantitative estimate of drug-likeness (QED) is 0.700. The second-order valence-corrected chi connectivity index (χ2v) is 4.98. The zero-order valence-corrected chi connectivity index (χ0v) is 11.4. The zero-order valence-electron chi connectivity index (χ0n) is 11.4. The first-order valence-electron chi connectivity index (χ1n) is 6.59. The number of aliphatic carboxylic acids is 1. The van der Waals surface area contributed by atoms with Gasteiger partial charge in [0.05, 0.1) is 5.92 Å². The molecule has 2 rings (SSSR count). The maximum atomic E-state index is 10.7. The third-order valence-corrected chi connectivity index (χ3v) is 3.50. The molecular weight excluding hydrogens is 240 g/mol. The molecule has 0 amide bonds. The first kappa shape index (κ1) is 13.6. The van der Waals surface area contributed by atoms with Crippen molar-refractivity contribution < 1.29 is 9.90 Å². The number of rotatable bonds is 6. The van der Waals surface area contributed by atoms with Gasteiger partial charge in [0.15, 0.2) is 0 Å². The van der Waals surface area contributed by atoms with Crippen LogP contribution in [0.4, 0.5) is 0 Å². The summed E-state index contributed by atoms with van der Waals surface area (Å²) in [5.41, 5.74) is 3.58. The number of carboxylic acids is 1. The minimum Gasteiger partial charge on any atom is -0.481 e. The fraction of sp³-hybridized carbons (Fsp3) is 0.400. The van der Waals surface area contributed by atoms with Crippen LogP contribution in [0.1, 0.15) is 24.6 Å². The number of aryl methyl sites for hydroxylation is 1. The monoisotopic (exact) mass is 260 g/mol. The van der Waals surface area contributed by atoms with E-state index in [-0.39, 0.29) is 5.92 Å². The Morgan fingerprint density at radius 2 is 2.16 bits per heavy atom. The Morgan fingerprint density at radius 1 is 1.42 bits per heavy atom. The molecule has 0 saturated heterocycles. The second-order valence-electron chi connectivity index (χ2n) is 4.98. The van der Waals surface area contributed by atoms with Crippen LogP contribution in [-0.2, 0) is 11.3 Å². The molecule has 4 heteroatoms. The summed E-state index contributed by atoms with van der Waals surface area (Å²) >= 11 is 0. The lowest BCUT2D eigenvalue weighted by atomic mass is 10.1. The third-order valence-electron chi connectivity index (χ3n) is 3.50. The van der Waals surface area contributed by atoms with Crippen molar-refractivity contribution in [2.45, 2.75) is 26.8 Å². The first-order chi connectivity index (χ1) is 9.09. The van der Waals surface area contributed by atoms with Gasteiger partial charge in [-0.1, -0.05) is 25.1 Å². The molecule has 4 nitrogen and oxygen atoms in total. The summed E-state index contributed by atoms with van der Waals surface area (Å²) in [5, 5.41) is 13.4. The lowest BCUT2D eigenvalue weighted by molar-refractivity contribution is -0.141. The second kappa shape index (κ2) is 5.89. The molecule has 0 spiro atoms. The lowest BCUT2D eigenvalue weighted by Crippen LogP contribution is -2.20. The van der Waals surface area contributed by atoms with E-state index >= 15 is 0 Å². The fourth-order valence-corrected chi connectivity index (χ4v) is 2.22. The number of hydrogen-bond donors (Lipinski definition) is 3. The highest BCUT2D eigenvalue weighted by Crippen LogP contribution is 2.21. The van der Waals surface area contributed by atoms with Crippen LogP contribution in [0, 0.1) is 12.8 Å². The summed E-state index contributed by atoms with van der Waals surface area (Å²) in [7, 11) is 0. The van der Waals surface area contributed by atoms with Crippen molar-refractivity contribution in [3.8, 4) is 0 Å². The van der Waals surface area contributed by atoms with Crippen LogP contribution in [0.2, 0.25) is 0 Å². The smallest absolute Gasteiger partial charge is 0.306 e. The van der Waals surface area contributed by atoms with Gasteiger partial charge in [0.1, 0.15) is 0 Å². The van der Waals surface area contributed by atoms with Crippen molar-refractivity contribution in [2.75, 3.05) is 6.54 Å². The van der Waals surface area contributed by atoms with Gasteiger partial charge in [-0.05, 0) is 31.5 Å². The van der Waals surface area contributed by atoms with Crippen molar-refractivity contribution >= 4 is 16.9 Å². The van der Waals surface area contributed by atoms with Crippen LogP contribution in [0.5, 0.6) is 0 Å². The summed E-state index contributed by atoms with van der Waals surface area (Å²) in [6.45, 7) is 5.28. The van der Waals surface area contributed by atoms with E-state index in [1.165, 1.54) is 16.6 Å². The van der Waals surface area contributed by atoms with Crippen molar-refractivity contribution in [1.29, 1.82) is 0 Å². The standard InChI is InChI=1S/C15H20N2O2/c1-10(15(18)19)7-8-16-9-13-11(2)17-14-6-4-3-5-12(13)14/h3-6,10,16-17H,7-9H2,1-2H3,(H,18,19). The van der Waals surface area contributed by atoms with Gasteiger partial charge in [-0.15, -0.1) is 0 Å². The number of fused-ring (bicyclic) bond motifs is 1. The predicted molar refractivity (Wildman–Crippen MR) is 76.2 cm³/mol. The highest BCUT2D eigenvalue weighted by Gasteiger charge is 2.11.